The number of nitrogens with zero attached hydrogens (tertiary/aromatic N) is 1. The maximum absolute atomic E-state index is 14.1. The summed E-state index contributed by atoms with van der Waals surface area (Å²) >= 11 is 0. The fraction of sp³-hybridized carbons (Fsp3) is 0.500. The number of carbonyl (C=O) groups is 3. The molecule has 7 nitrogen and oxygen atoms in total. The number of rotatable bonds is 11. The molecular weight excluding hydrogens is 466 g/mol. The van der Waals surface area contributed by atoms with Gasteiger partial charge >= 0.3 is 6.09 Å². The van der Waals surface area contributed by atoms with E-state index in [0.717, 1.165) is 16.7 Å². The van der Waals surface area contributed by atoms with Crippen molar-refractivity contribution >= 4 is 17.9 Å². The average molecular weight is 510 g/mol. The molecule has 2 rings (SSSR count). The van der Waals surface area contributed by atoms with Crippen LogP contribution in [-0.2, 0) is 20.9 Å². The van der Waals surface area contributed by atoms with Gasteiger partial charge in [-0.1, -0.05) is 81.8 Å². The summed E-state index contributed by atoms with van der Waals surface area (Å²) in [5.74, 6) is -0.727. The van der Waals surface area contributed by atoms with Gasteiger partial charge in [-0.25, -0.2) is 4.79 Å². The van der Waals surface area contributed by atoms with Gasteiger partial charge in [0.25, 0.3) is 0 Å². The first-order chi connectivity index (χ1) is 17.5. The molecule has 3 amide bonds. The van der Waals surface area contributed by atoms with Gasteiger partial charge in [0.05, 0.1) is 0 Å². The van der Waals surface area contributed by atoms with Gasteiger partial charge in [-0.3, -0.25) is 9.59 Å². The summed E-state index contributed by atoms with van der Waals surface area (Å²) in [6, 6.07) is 15.6. The second-order valence-corrected chi connectivity index (χ2v) is 10.5. The van der Waals surface area contributed by atoms with Crippen LogP contribution >= 0.6 is 0 Å². The first-order valence-electron chi connectivity index (χ1n) is 13.2. The highest BCUT2D eigenvalue weighted by Gasteiger charge is 2.38. The molecule has 0 bridgehead atoms. The summed E-state index contributed by atoms with van der Waals surface area (Å²) in [5.41, 5.74) is 1.94. The fourth-order valence-corrected chi connectivity index (χ4v) is 4.13. The molecule has 3 atom stereocenters. The van der Waals surface area contributed by atoms with Gasteiger partial charge in [0, 0.05) is 13.1 Å². The maximum atomic E-state index is 14.1. The molecule has 202 valence electrons. The van der Waals surface area contributed by atoms with Gasteiger partial charge in [0.1, 0.15) is 17.7 Å². The average Bonchev–Trinajstić information content (AvgIpc) is 2.85. The van der Waals surface area contributed by atoms with Crippen LogP contribution in [0.1, 0.15) is 77.1 Å². The highest BCUT2D eigenvalue weighted by molar-refractivity contribution is 5.92. The Morgan fingerprint density at radius 2 is 1.59 bits per heavy atom. The minimum absolute atomic E-state index is 0.163. The molecule has 0 heterocycles. The van der Waals surface area contributed by atoms with Crippen LogP contribution in [0.3, 0.4) is 0 Å². The van der Waals surface area contributed by atoms with Gasteiger partial charge in [0.15, 0.2) is 0 Å². The van der Waals surface area contributed by atoms with Crippen LogP contribution in [-0.4, -0.2) is 41.0 Å². The van der Waals surface area contributed by atoms with E-state index in [2.05, 4.69) is 10.6 Å². The van der Waals surface area contributed by atoms with Crippen LogP contribution < -0.4 is 10.6 Å². The zero-order valence-corrected chi connectivity index (χ0v) is 23.3. The Balaban J connectivity index is 2.45. The smallest absolute Gasteiger partial charge is 0.408 e. The predicted molar refractivity (Wildman–Crippen MR) is 147 cm³/mol. The van der Waals surface area contributed by atoms with Gasteiger partial charge in [-0.05, 0) is 56.7 Å². The zero-order valence-electron chi connectivity index (χ0n) is 23.3. The summed E-state index contributed by atoms with van der Waals surface area (Å²) < 4.78 is 5.45. The van der Waals surface area contributed by atoms with Crippen LogP contribution in [0.5, 0.6) is 0 Å². The lowest BCUT2D eigenvalue weighted by atomic mass is 9.94. The molecule has 2 N–H and O–H groups in total. The second kappa shape index (κ2) is 13.8. The topological polar surface area (TPSA) is 87.7 Å². The number of amides is 3. The molecule has 0 fully saturated rings. The lowest BCUT2D eigenvalue weighted by Gasteiger charge is -2.36. The lowest BCUT2D eigenvalue weighted by Crippen LogP contribution is -2.55. The van der Waals surface area contributed by atoms with E-state index in [1.807, 2.05) is 82.3 Å². The minimum atomic E-state index is -0.843. The normalized spacial score (nSPS) is 13.7. The Bertz CT molecular complexity index is 1030. The molecule has 0 saturated carbocycles. The molecule has 37 heavy (non-hydrogen) atoms. The van der Waals surface area contributed by atoms with E-state index in [1.54, 1.807) is 25.7 Å². The number of hydrogen-bond acceptors (Lipinski definition) is 4. The van der Waals surface area contributed by atoms with Gasteiger partial charge in [-0.15, -0.1) is 0 Å². The molecule has 0 saturated heterocycles. The number of hydrogen-bond donors (Lipinski definition) is 2. The molecule has 0 spiro atoms. The Labute approximate surface area is 222 Å². The van der Waals surface area contributed by atoms with Crippen molar-refractivity contribution in [3.05, 3.63) is 71.3 Å². The van der Waals surface area contributed by atoms with Crippen LogP contribution in [0, 0.1) is 12.8 Å². The molecule has 2 aromatic carbocycles. The van der Waals surface area contributed by atoms with Crippen LogP contribution in [0.4, 0.5) is 4.79 Å². The largest absolute Gasteiger partial charge is 0.444 e. The van der Waals surface area contributed by atoms with Crippen molar-refractivity contribution in [1.29, 1.82) is 0 Å². The predicted octanol–water partition coefficient (Wildman–Crippen LogP) is 5.53. The first kappa shape index (κ1) is 29.9. The van der Waals surface area contributed by atoms with Gasteiger partial charge < -0.3 is 20.3 Å². The number of aryl methyl sites for hydroxylation is 1. The summed E-state index contributed by atoms with van der Waals surface area (Å²) in [6.07, 6.45) is 0.671. The Morgan fingerprint density at radius 3 is 2.16 bits per heavy atom. The van der Waals surface area contributed by atoms with Crippen molar-refractivity contribution in [1.82, 2.24) is 15.5 Å². The van der Waals surface area contributed by atoms with E-state index >= 15 is 0 Å². The number of nitrogens with one attached hydrogen (secondary N) is 2. The molecule has 0 aliphatic rings. The van der Waals surface area contributed by atoms with Crippen molar-refractivity contribution in [2.75, 3.05) is 6.54 Å². The molecule has 0 aliphatic heterocycles. The molecule has 0 aliphatic carbocycles. The third-order valence-corrected chi connectivity index (χ3v) is 6.25. The van der Waals surface area contributed by atoms with E-state index in [9.17, 15) is 14.4 Å². The van der Waals surface area contributed by atoms with E-state index in [-0.39, 0.29) is 17.7 Å². The molecule has 2 aromatic rings. The first-order valence-corrected chi connectivity index (χ1v) is 13.2. The van der Waals surface area contributed by atoms with Crippen LogP contribution in [0.2, 0.25) is 0 Å². The monoisotopic (exact) mass is 509 g/mol. The molecular formula is C30H43N3O4. The molecule has 3 unspecified atom stereocenters. The molecule has 0 radical (unpaired) electrons. The number of benzene rings is 2. The minimum Gasteiger partial charge on any atom is -0.444 e. The third-order valence-electron chi connectivity index (χ3n) is 6.25. The molecule has 0 aromatic heterocycles. The van der Waals surface area contributed by atoms with Crippen LogP contribution in [0.15, 0.2) is 54.6 Å². The zero-order chi connectivity index (χ0) is 27.6. The van der Waals surface area contributed by atoms with E-state index < -0.39 is 23.8 Å². The highest BCUT2D eigenvalue weighted by atomic mass is 16.6. The maximum Gasteiger partial charge on any atom is 0.408 e. The SMILES string of the molecule is CCCN(C(=O)C(NC(=O)OC(C)(C)C)C(C)CC)C(C(=O)NCc1ccccc1)c1ccccc1C. The van der Waals surface area contributed by atoms with Crippen molar-refractivity contribution in [2.45, 2.75) is 85.5 Å². The van der Waals surface area contributed by atoms with E-state index in [1.165, 1.54) is 0 Å². The Hall–Kier alpha value is -3.35. The van der Waals surface area contributed by atoms with Crippen molar-refractivity contribution < 1.29 is 19.1 Å². The fourth-order valence-electron chi connectivity index (χ4n) is 4.13. The van der Waals surface area contributed by atoms with Gasteiger partial charge in [0.2, 0.25) is 11.8 Å². The summed E-state index contributed by atoms with van der Waals surface area (Å²) in [7, 11) is 0. The quantitative estimate of drug-likeness (QED) is 0.417. The Kier molecular flexibility index (Phi) is 11.2. The summed E-state index contributed by atoms with van der Waals surface area (Å²) in [4.78, 5) is 42.1. The number of alkyl carbamates (subject to hydrolysis) is 1. The van der Waals surface area contributed by atoms with E-state index in [0.29, 0.717) is 25.9 Å². The highest BCUT2D eigenvalue weighted by Crippen LogP contribution is 2.27. The molecule has 7 heteroatoms. The van der Waals surface area contributed by atoms with Crippen molar-refractivity contribution in [3.63, 3.8) is 0 Å². The standard InChI is InChI=1S/C30H43N3O4/c1-8-19-33(28(35)25(21(3)9-2)32-29(36)37-30(5,6)7)26(24-18-14-13-15-22(24)4)27(34)31-20-23-16-11-10-12-17-23/h10-18,21,25-26H,8-9,19-20H2,1-7H3,(H,31,34)(H,32,36). The third kappa shape index (κ3) is 8.92. The van der Waals surface area contributed by atoms with Crippen molar-refractivity contribution in [2.24, 2.45) is 5.92 Å². The number of ether oxygens (including phenoxy) is 1. The van der Waals surface area contributed by atoms with E-state index in [4.69, 9.17) is 4.74 Å². The van der Waals surface area contributed by atoms with Crippen LogP contribution in [0.25, 0.3) is 0 Å². The Morgan fingerprint density at radius 1 is 0.973 bits per heavy atom. The van der Waals surface area contributed by atoms with Crippen molar-refractivity contribution in [3.8, 4) is 0 Å². The number of carbonyl (C=O) groups excluding carboxylic acids is 3. The van der Waals surface area contributed by atoms with Gasteiger partial charge in [-0.2, -0.15) is 0 Å². The summed E-state index contributed by atoms with van der Waals surface area (Å²) in [6.45, 7) is 13.8. The second-order valence-electron chi connectivity index (χ2n) is 10.5. The summed E-state index contributed by atoms with van der Waals surface area (Å²) in [5, 5.41) is 5.82. The lowest BCUT2D eigenvalue weighted by molar-refractivity contribution is -0.143.